The summed E-state index contributed by atoms with van der Waals surface area (Å²) in [6.07, 6.45) is -0.571. The Bertz CT molecular complexity index is 503. The molecule has 1 heterocycles. The number of carbonyl (C=O) groups is 2. The molecule has 1 amide bonds. The molecule has 0 spiro atoms. The van der Waals surface area contributed by atoms with Crippen LogP contribution < -0.4 is 15.4 Å². The number of hydrogen-bond donors (Lipinski definition) is 2. The fourth-order valence-corrected chi connectivity index (χ4v) is 1.95. The van der Waals surface area contributed by atoms with E-state index in [1.165, 1.54) is 4.90 Å². The molecule has 2 atom stereocenters. The number of nitrogens with zero attached hydrogens (tertiary/aromatic N) is 1. The van der Waals surface area contributed by atoms with Crippen molar-refractivity contribution < 1.29 is 19.4 Å². The zero-order valence-electron chi connectivity index (χ0n) is 10.6. The predicted octanol–water partition coefficient (Wildman–Crippen LogP) is 0.603. The molecule has 0 saturated carbocycles. The van der Waals surface area contributed by atoms with Crippen LogP contribution in [0.3, 0.4) is 0 Å². The number of benzene rings is 1. The Kier molecular flexibility index (Phi) is 3.71. The number of amides is 1. The van der Waals surface area contributed by atoms with E-state index >= 15 is 0 Å². The number of ether oxygens (including phenoxy) is 1. The number of nitrogens with two attached hydrogens (primary N) is 1. The van der Waals surface area contributed by atoms with Crippen molar-refractivity contribution in [3.8, 4) is 5.75 Å². The van der Waals surface area contributed by atoms with Gasteiger partial charge in [0.05, 0.1) is 18.3 Å². The monoisotopic (exact) mass is 264 g/mol. The van der Waals surface area contributed by atoms with Crippen LogP contribution >= 0.6 is 0 Å². The third-order valence-electron chi connectivity index (χ3n) is 3.07. The highest BCUT2D eigenvalue weighted by atomic mass is 16.5. The smallest absolute Gasteiger partial charge is 0.346 e. The van der Waals surface area contributed by atoms with E-state index in [-0.39, 0.29) is 12.5 Å². The first-order valence-corrected chi connectivity index (χ1v) is 6.10. The SMILES string of the molecule is CC[C@H](N)C(=O)N1CC(C(=O)O)Oc2ccccc21. The summed E-state index contributed by atoms with van der Waals surface area (Å²) >= 11 is 0. The summed E-state index contributed by atoms with van der Waals surface area (Å²) in [5.41, 5.74) is 6.31. The van der Waals surface area contributed by atoms with Gasteiger partial charge in [0.25, 0.3) is 0 Å². The summed E-state index contributed by atoms with van der Waals surface area (Å²) in [7, 11) is 0. The van der Waals surface area contributed by atoms with Gasteiger partial charge >= 0.3 is 5.97 Å². The van der Waals surface area contributed by atoms with Crippen LogP contribution in [0.4, 0.5) is 5.69 Å². The van der Waals surface area contributed by atoms with Crippen molar-refractivity contribution in [1.29, 1.82) is 0 Å². The lowest BCUT2D eigenvalue weighted by Crippen LogP contribution is -2.51. The van der Waals surface area contributed by atoms with Crippen LogP contribution in [-0.4, -0.2) is 35.7 Å². The first-order chi connectivity index (χ1) is 9.04. The summed E-state index contributed by atoms with van der Waals surface area (Å²) < 4.78 is 5.35. The lowest BCUT2D eigenvalue weighted by molar-refractivity contribution is -0.145. The normalized spacial score (nSPS) is 19.3. The number of aliphatic carboxylic acids is 1. The zero-order valence-corrected chi connectivity index (χ0v) is 10.6. The van der Waals surface area contributed by atoms with Crippen molar-refractivity contribution in [3.63, 3.8) is 0 Å². The molecule has 1 aromatic carbocycles. The number of hydrogen-bond acceptors (Lipinski definition) is 4. The molecule has 102 valence electrons. The van der Waals surface area contributed by atoms with E-state index in [2.05, 4.69) is 0 Å². The van der Waals surface area contributed by atoms with Crippen molar-refractivity contribution in [2.24, 2.45) is 5.73 Å². The topological polar surface area (TPSA) is 92.9 Å². The molecule has 0 bridgehead atoms. The van der Waals surface area contributed by atoms with Gasteiger partial charge in [-0.3, -0.25) is 4.79 Å². The molecule has 19 heavy (non-hydrogen) atoms. The van der Waals surface area contributed by atoms with Crippen molar-refractivity contribution in [1.82, 2.24) is 0 Å². The predicted molar refractivity (Wildman–Crippen MR) is 69.1 cm³/mol. The average Bonchev–Trinajstić information content (AvgIpc) is 2.44. The third-order valence-corrected chi connectivity index (χ3v) is 3.07. The molecule has 6 heteroatoms. The van der Waals surface area contributed by atoms with Crippen LogP contribution in [0.2, 0.25) is 0 Å². The minimum Gasteiger partial charge on any atom is -0.478 e. The van der Waals surface area contributed by atoms with Crippen molar-refractivity contribution in [2.45, 2.75) is 25.5 Å². The summed E-state index contributed by atoms with van der Waals surface area (Å²) in [5.74, 6) is -1.00. The Morgan fingerprint density at radius 1 is 1.53 bits per heavy atom. The second-order valence-electron chi connectivity index (χ2n) is 4.38. The fourth-order valence-electron chi connectivity index (χ4n) is 1.95. The first-order valence-electron chi connectivity index (χ1n) is 6.10. The van der Waals surface area contributed by atoms with Gasteiger partial charge in [0.1, 0.15) is 5.75 Å². The average molecular weight is 264 g/mol. The van der Waals surface area contributed by atoms with Crippen LogP contribution in [0.25, 0.3) is 0 Å². The van der Waals surface area contributed by atoms with Crippen molar-refractivity contribution >= 4 is 17.6 Å². The lowest BCUT2D eigenvalue weighted by atomic mass is 10.1. The highest BCUT2D eigenvalue weighted by molar-refractivity contribution is 5.99. The largest absolute Gasteiger partial charge is 0.478 e. The molecule has 1 unspecified atom stereocenters. The lowest BCUT2D eigenvalue weighted by Gasteiger charge is -2.34. The number of para-hydroxylation sites is 2. The van der Waals surface area contributed by atoms with E-state index < -0.39 is 18.1 Å². The molecule has 0 saturated heterocycles. The van der Waals surface area contributed by atoms with Crippen molar-refractivity contribution in [3.05, 3.63) is 24.3 Å². The van der Waals surface area contributed by atoms with E-state index in [0.29, 0.717) is 17.9 Å². The van der Waals surface area contributed by atoms with E-state index in [1.54, 1.807) is 24.3 Å². The van der Waals surface area contributed by atoms with Crippen molar-refractivity contribution in [2.75, 3.05) is 11.4 Å². The van der Waals surface area contributed by atoms with Crippen LogP contribution in [0.1, 0.15) is 13.3 Å². The van der Waals surface area contributed by atoms with Gasteiger partial charge in [0.2, 0.25) is 12.0 Å². The molecular formula is C13H16N2O4. The quantitative estimate of drug-likeness (QED) is 0.834. The maximum atomic E-state index is 12.2. The van der Waals surface area contributed by atoms with Gasteiger partial charge in [-0.2, -0.15) is 0 Å². The molecule has 3 N–H and O–H groups in total. The minimum atomic E-state index is -1.10. The van der Waals surface area contributed by atoms with Gasteiger partial charge in [-0.25, -0.2) is 4.79 Å². The number of anilines is 1. The molecule has 2 rings (SSSR count). The molecular weight excluding hydrogens is 248 g/mol. The van der Waals surface area contributed by atoms with Gasteiger partial charge in [0.15, 0.2) is 0 Å². The number of rotatable bonds is 3. The minimum absolute atomic E-state index is 0.0289. The first kappa shape index (κ1) is 13.4. The highest BCUT2D eigenvalue weighted by Crippen LogP contribution is 2.33. The molecule has 0 aliphatic carbocycles. The van der Waals surface area contributed by atoms with Crippen LogP contribution in [-0.2, 0) is 9.59 Å². The summed E-state index contributed by atoms with van der Waals surface area (Å²) in [6, 6.07) is 6.21. The van der Waals surface area contributed by atoms with Gasteiger partial charge < -0.3 is 20.5 Å². The Morgan fingerprint density at radius 3 is 2.84 bits per heavy atom. The fraction of sp³-hybridized carbons (Fsp3) is 0.385. The Balaban J connectivity index is 2.36. The third kappa shape index (κ3) is 2.53. The highest BCUT2D eigenvalue weighted by Gasteiger charge is 2.34. The summed E-state index contributed by atoms with van der Waals surface area (Å²) in [4.78, 5) is 24.7. The van der Waals surface area contributed by atoms with Crippen LogP contribution in [0.15, 0.2) is 24.3 Å². The van der Waals surface area contributed by atoms with Gasteiger partial charge in [-0.05, 0) is 18.6 Å². The van der Waals surface area contributed by atoms with E-state index in [9.17, 15) is 9.59 Å². The molecule has 0 radical (unpaired) electrons. The van der Waals surface area contributed by atoms with Gasteiger partial charge in [-0.15, -0.1) is 0 Å². The molecule has 1 aliphatic heterocycles. The van der Waals surface area contributed by atoms with Gasteiger partial charge in [0, 0.05) is 0 Å². The Morgan fingerprint density at radius 2 is 2.21 bits per heavy atom. The maximum Gasteiger partial charge on any atom is 0.346 e. The Hall–Kier alpha value is -2.08. The van der Waals surface area contributed by atoms with Crippen LogP contribution in [0.5, 0.6) is 5.75 Å². The van der Waals surface area contributed by atoms with E-state index in [4.69, 9.17) is 15.6 Å². The Labute approximate surface area is 110 Å². The van der Waals surface area contributed by atoms with E-state index in [0.717, 1.165) is 0 Å². The molecule has 0 fully saturated rings. The molecule has 6 nitrogen and oxygen atoms in total. The summed E-state index contributed by atoms with van der Waals surface area (Å²) in [6.45, 7) is 1.78. The van der Waals surface area contributed by atoms with E-state index in [1.807, 2.05) is 6.92 Å². The molecule has 1 aliphatic rings. The summed E-state index contributed by atoms with van der Waals surface area (Å²) in [5, 5.41) is 9.06. The second-order valence-corrected chi connectivity index (χ2v) is 4.38. The van der Waals surface area contributed by atoms with Crippen LogP contribution in [0, 0.1) is 0 Å². The molecule has 0 aromatic heterocycles. The van der Waals surface area contributed by atoms with Gasteiger partial charge in [-0.1, -0.05) is 19.1 Å². The standard InChI is InChI=1S/C13H16N2O4/c1-2-8(14)12(16)15-7-11(13(17)18)19-10-6-4-3-5-9(10)15/h3-6,8,11H,2,7,14H2,1H3,(H,17,18)/t8-,11?/m0/s1. The number of carboxylic acid groups (broad SMARTS) is 1. The second kappa shape index (κ2) is 5.27. The number of carbonyl (C=O) groups excluding carboxylic acids is 1. The maximum absolute atomic E-state index is 12.2. The zero-order chi connectivity index (χ0) is 14.0. The molecule has 1 aromatic rings. The number of carboxylic acids is 1. The number of fused-ring (bicyclic) bond motifs is 1.